The number of carbonyl (C=O) groups excluding carboxylic acids is 1. The van der Waals surface area contributed by atoms with Crippen molar-refractivity contribution < 1.29 is 26.7 Å². The van der Waals surface area contributed by atoms with Crippen LogP contribution in [-0.4, -0.2) is 18.4 Å². The zero-order chi connectivity index (χ0) is 17.8. The third kappa shape index (κ3) is 3.79. The summed E-state index contributed by atoms with van der Waals surface area (Å²) in [7, 11) is 0. The summed E-state index contributed by atoms with van der Waals surface area (Å²) in [6.07, 6.45) is -5.65. The molecule has 24 heavy (non-hydrogen) atoms. The molecule has 0 amide bonds. The van der Waals surface area contributed by atoms with Gasteiger partial charge in [-0.25, -0.2) is 0 Å². The van der Waals surface area contributed by atoms with E-state index in [-0.39, 0.29) is 17.9 Å². The van der Waals surface area contributed by atoms with E-state index in [1.54, 1.807) is 24.3 Å². The third-order valence-corrected chi connectivity index (χ3v) is 3.19. The molecule has 0 atom stereocenters. The van der Waals surface area contributed by atoms with Crippen LogP contribution in [0, 0.1) is 0 Å². The molecule has 0 spiro atoms. The van der Waals surface area contributed by atoms with E-state index in [1.165, 1.54) is 12.1 Å². The van der Waals surface area contributed by atoms with Crippen LogP contribution in [0.1, 0.15) is 5.56 Å². The number of rotatable bonds is 5. The van der Waals surface area contributed by atoms with Crippen molar-refractivity contribution in [3.05, 3.63) is 66.2 Å². The van der Waals surface area contributed by atoms with Crippen LogP contribution in [0.15, 0.2) is 60.7 Å². The molecule has 2 aromatic rings. The fourth-order valence-corrected chi connectivity index (χ4v) is 2.02. The van der Waals surface area contributed by atoms with Gasteiger partial charge in [0, 0.05) is 16.9 Å². The minimum Gasteiger partial charge on any atom is -0.356 e. The third-order valence-electron chi connectivity index (χ3n) is 3.19. The van der Waals surface area contributed by atoms with Crippen molar-refractivity contribution in [1.29, 1.82) is 0 Å². The minimum absolute atomic E-state index is 0.0921. The lowest BCUT2D eigenvalue weighted by Gasteiger charge is -2.22. The number of allylic oxidation sites excluding steroid dienone is 2. The summed E-state index contributed by atoms with van der Waals surface area (Å²) in [5, 5.41) is 2.97. The lowest BCUT2D eigenvalue weighted by atomic mass is 9.98. The first kappa shape index (κ1) is 17.7. The number of carbonyl (C=O) groups is 1. The molecule has 126 valence electrons. The van der Waals surface area contributed by atoms with E-state index < -0.39 is 17.7 Å². The lowest BCUT2D eigenvalue weighted by molar-refractivity contribution is -0.253. The molecule has 0 fully saturated rings. The minimum atomic E-state index is -5.79. The van der Waals surface area contributed by atoms with E-state index in [9.17, 15) is 26.7 Å². The SMILES string of the molecule is O=C/C=C(\c1ccc(Nc2ccccc2)cc1)C(F)(F)C(F)(F)F. The molecule has 0 saturated carbocycles. The van der Waals surface area contributed by atoms with Crippen LogP contribution >= 0.6 is 0 Å². The summed E-state index contributed by atoms with van der Waals surface area (Å²) in [6, 6.07) is 13.8. The normalized spacial score (nSPS) is 12.8. The number of halogens is 5. The van der Waals surface area contributed by atoms with Gasteiger partial charge in [-0.3, -0.25) is 4.79 Å². The number of aldehydes is 1. The van der Waals surface area contributed by atoms with Gasteiger partial charge in [0.15, 0.2) is 0 Å². The van der Waals surface area contributed by atoms with Crippen molar-refractivity contribution in [1.82, 2.24) is 0 Å². The van der Waals surface area contributed by atoms with E-state index in [1.807, 2.05) is 6.07 Å². The molecule has 2 aromatic carbocycles. The molecule has 0 radical (unpaired) electrons. The summed E-state index contributed by atoms with van der Waals surface area (Å²) in [5.41, 5.74) is -0.542. The number of nitrogens with one attached hydrogen (secondary N) is 1. The number of alkyl halides is 5. The molecule has 0 heterocycles. The molecule has 0 unspecified atom stereocenters. The Kier molecular flexibility index (Phi) is 5.02. The molecule has 1 N–H and O–H groups in total. The first-order valence-corrected chi connectivity index (χ1v) is 6.78. The largest absolute Gasteiger partial charge is 0.458 e. The Morgan fingerprint density at radius 1 is 0.833 bits per heavy atom. The number of hydrogen-bond acceptors (Lipinski definition) is 2. The monoisotopic (exact) mass is 341 g/mol. The maximum atomic E-state index is 13.5. The van der Waals surface area contributed by atoms with Gasteiger partial charge in [0.25, 0.3) is 0 Å². The van der Waals surface area contributed by atoms with E-state index >= 15 is 0 Å². The van der Waals surface area contributed by atoms with Crippen LogP contribution in [0.2, 0.25) is 0 Å². The van der Waals surface area contributed by atoms with Crippen LogP contribution in [0.5, 0.6) is 0 Å². The van der Waals surface area contributed by atoms with Gasteiger partial charge in [-0.15, -0.1) is 0 Å². The molecule has 0 bridgehead atoms. The second-order valence-corrected chi connectivity index (χ2v) is 4.86. The van der Waals surface area contributed by atoms with Crippen LogP contribution in [-0.2, 0) is 4.79 Å². The van der Waals surface area contributed by atoms with Gasteiger partial charge in [-0.2, -0.15) is 22.0 Å². The molecule has 2 rings (SSSR count). The molecule has 2 nitrogen and oxygen atoms in total. The lowest BCUT2D eigenvalue weighted by Crippen LogP contribution is -2.37. The van der Waals surface area contributed by atoms with Gasteiger partial charge in [0.1, 0.15) is 6.29 Å². The standard InChI is InChI=1S/C17H12F5NO/c18-16(19,17(20,21)22)15(10-11-24)12-6-8-14(9-7-12)23-13-4-2-1-3-5-13/h1-11,23H/b15-10+. The van der Waals surface area contributed by atoms with Gasteiger partial charge in [0.2, 0.25) is 0 Å². The predicted molar refractivity (Wildman–Crippen MR) is 81.2 cm³/mol. The van der Waals surface area contributed by atoms with Crippen molar-refractivity contribution in [3.63, 3.8) is 0 Å². The van der Waals surface area contributed by atoms with Crippen molar-refractivity contribution >= 4 is 23.2 Å². The fourth-order valence-electron chi connectivity index (χ4n) is 2.02. The molecule has 0 aliphatic rings. The quantitative estimate of drug-likeness (QED) is 0.459. The highest BCUT2D eigenvalue weighted by molar-refractivity contribution is 5.85. The highest BCUT2D eigenvalue weighted by Gasteiger charge is 2.60. The molecule has 0 aliphatic heterocycles. The summed E-state index contributed by atoms with van der Waals surface area (Å²) < 4.78 is 64.7. The smallest absolute Gasteiger partial charge is 0.356 e. The summed E-state index contributed by atoms with van der Waals surface area (Å²) >= 11 is 0. The second-order valence-electron chi connectivity index (χ2n) is 4.86. The van der Waals surface area contributed by atoms with E-state index in [4.69, 9.17) is 0 Å². The van der Waals surface area contributed by atoms with Crippen LogP contribution < -0.4 is 5.32 Å². The zero-order valence-electron chi connectivity index (χ0n) is 12.1. The number of para-hydroxylation sites is 1. The number of hydrogen-bond donors (Lipinski definition) is 1. The average molecular weight is 341 g/mol. The first-order valence-electron chi connectivity index (χ1n) is 6.78. The summed E-state index contributed by atoms with van der Waals surface area (Å²) in [6.45, 7) is 0. The Morgan fingerprint density at radius 2 is 1.38 bits per heavy atom. The second kappa shape index (κ2) is 6.82. The Bertz CT molecular complexity index is 721. The van der Waals surface area contributed by atoms with E-state index in [2.05, 4.69) is 5.32 Å². The molecular formula is C17H12F5NO. The van der Waals surface area contributed by atoms with Crippen molar-refractivity contribution in [2.45, 2.75) is 12.1 Å². The molecule has 7 heteroatoms. The predicted octanol–water partition coefficient (Wildman–Crippen LogP) is 5.21. The van der Waals surface area contributed by atoms with Gasteiger partial charge in [-0.1, -0.05) is 30.3 Å². The average Bonchev–Trinajstić information content (AvgIpc) is 2.53. The van der Waals surface area contributed by atoms with Crippen molar-refractivity contribution in [3.8, 4) is 0 Å². The maximum Gasteiger partial charge on any atom is 0.458 e. The number of anilines is 2. The van der Waals surface area contributed by atoms with Crippen LogP contribution in [0.4, 0.5) is 33.3 Å². The first-order chi connectivity index (χ1) is 11.3. The molecule has 0 aliphatic carbocycles. The van der Waals surface area contributed by atoms with Gasteiger partial charge in [0.05, 0.1) is 0 Å². The zero-order valence-corrected chi connectivity index (χ0v) is 12.1. The van der Waals surface area contributed by atoms with Crippen LogP contribution in [0.3, 0.4) is 0 Å². The number of benzene rings is 2. The highest BCUT2D eigenvalue weighted by Crippen LogP contribution is 2.45. The molecule has 0 saturated heterocycles. The van der Waals surface area contributed by atoms with E-state index in [0.29, 0.717) is 5.69 Å². The highest BCUT2D eigenvalue weighted by atomic mass is 19.4. The summed E-state index contributed by atoms with van der Waals surface area (Å²) in [4.78, 5) is 10.5. The molecule has 0 aromatic heterocycles. The van der Waals surface area contributed by atoms with Gasteiger partial charge >= 0.3 is 12.1 Å². The Morgan fingerprint density at radius 3 is 1.88 bits per heavy atom. The molecular weight excluding hydrogens is 329 g/mol. The van der Waals surface area contributed by atoms with Crippen molar-refractivity contribution in [2.24, 2.45) is 0 Å². The summed E-state index contributed by atoms with van der Waals surface area (Å²) in [5.74, 6) is -5.12. The Balaban J connectivity index is 2.30. The van der Waals surface area contributed by atoms with E-state index in [0.717, 1.165) is 17.8 Å². The fraction of sp³-hybridized carbons (Fsp3) is 0.118. The van der Waals surface area contributed by atoms with Crippen molar-refractivity contribution in [2.75, 3.05) is 5.32 Å². The Labute approximate surface area is 134 Å². The van der Waals surface area contributed by atoms with Gasteiger partial charge in [-0.05, 0) is 35.9 Å². The van der Waals surface area contributed by atoms with Crippen LogP contribution in [0.25, 0.3) is 5.57 Å². The Hall–Kier alpha value is -2.70. The van der Waals surface area contributed by atoms with Gasteiger partial charge < -0.3 is 5.32 Å². The topological polar surface area (TPSA) is 29.1 Å². The maximum absolute atomic E-state index is 13.5.